The Bertz CT molecular complexity index is 1490. The number of aromatic nitrogens is 1. The zero-order valence-corrected chi connectivity index (χ0v) is 24.1. The van der Waals surface area contributed by atoms with Gasteiger partial charge < -0.3 is 4.57 Å². The van der Waals surface area contributed by atoms with Gasteiger partial charge >= 0.3 is 37.9 Å². The summed E-state index contributed by atoms with van der Waals surface area (Å²) in [5.41, 5.74) is 6.64. The third-order valence-electron chi connectivity index (χ3n) is 6.45. The van der Waals surface area contributed by atoms with Crippen LogP contribution in [-0.2, 0) is 34.3 Å². The molecular weight excluding hydrogens is 548 g/mol. The van der Waals surface area contributed by atoms with Crippen LogP contribution in [0.4, 0.5) is 0 Å². The Labute approximate surface area is 226 Å². The predicted molar refractivity (Wildman–Crippen MR) is 151 cm³/mol. The molecule has 0 N–H and O–H groups in total. The van der Waals surface area contributed by atoms with E-state index in [4.69, 9.17) is 17.0 Å². The van der Waals surface area contributed by atoms with Crippen LogP contribution in [0.15, 0.2) is 103 Å². The van der Waals surface area contributed by atoms with Gasteiger partial charge in [0, 0.05) is 28.9 Å². The van der Waals surface area contributed by atoms with E-state index in [2.05, 4.69) is 122 Å². The molecule has 0 saturated carbocycles. The van der Waals surface area contributed by atoms with Gasteiger partial charge in [0.05, 0.1) is 0 Å². The number of para-hydroxylation sites is 1. The van der Waals surface area contributed by atoms with E-state index < -0.39 is 20.8 Å². The number of rotatable bonds is 4. The van der Waals surface area contributed by atoms with Crippen molar-refractivity contribution in [2.24, 2.45) is 7.05 Å². The van der Waals surface area contributed by atoms with E-state index in [-0.39, 0.29) is 0 Å². The minimum absolute atomic E-state index is 0.826. The first kappa shape index (κ1) is 26.0. The van der Waals surface area contributed by atoms with E-state index in [1.54, 1.807) is 0 Å². The molecule has 0 fully saturated rings. The van der Waals surface area contributed by atoms with Gasteiger partial charge in [0.15, 0.2) is 0 Å². The zero-order valence-electron chi connectivity index (χ0n) is 20.1. The Hall–Kier alpha value is -2.12. The standard InChI is InChI=1S/C22H16N.C9H13.2ClH.Zr/c1-23-21-11-3-2-8-19(21)20-14-16(12-13-22(20)23)18-10-5-7-15-6-4-9-17(15)18;1-2-3-6-9-7-4-5-8-9;;;/h2-14H,1H3;4-5,7-8H,2-3,6H2,1H3;2*1H;/q2*-1;;;+4/p-2. The number of hydrogen-bond donors (Lipinski definition) is 0. The fourth-order valence-electron chi connectivity index (χ4n) is 4.71. The van der Waals surface area contributed by atoms with Gasteiger partial charge in [0.25, 0.3) is 0 Å². The SMILES string of the molecule is CCCCc1cc[cH-]c1.Cn1c2ccccc2c2cc(-c3cccc4[cH-]ccc34)ccc21.[Cl][Zr+2][Cl]. The number of benzene rings is 3. The molecule has 0 amide bonds. The Morgan fingerprint density at radius 3 is 2.40 bits per heavy atom. The quantitative estimate of drug-likeness (QED) is 0.184. The molecule has 0 atom stereocenters. The summed E-state index contributed by atoms with van der Waals surface area (Å²) in [5, 5.41) is 5.28. The predicted octanol–water partition coefficient (Wildman–Crippen LogP) is 10.00. The van der Waals surface area contributed by atoms with Crippen molar-refractivity contribution >= 4 is 49.6 Å². The third kappa shape index (κ3) is 6.00. The maximum absolute atomic E-state index is 4.93. The normalized spacial score (nSPS) is 10.5. The second kappa shape index (κ2) is 12.7. The van der Waals surface area contributed by atoms with E-state index in [1.165, 1.54) is 68.5 Å². The van der Waals surface area contributed by atoms with Crippen molar-refractivity contribution < 1.29 is 20.8 Å². The summed E-state index contributed by atoms with van der Waals surface area (Å²) in [6.45, 7) is 2.23. The van der Waals surface area contributed by atoms with Crippen LogP contribution in [0, 0.1) is 0 Å². The van der Waals surface area contributed by atoms with Crippen LogP contribution in [0.2, 0.25) is 0 Å². The van der Waals surface area contributed by atoms with Crippen molar-refractivity contribution in [3.63, 3.8) is 0 Å². The van der Waals surface area contributed by atoms with Crippen LogP contribution in [0.1, 0.15) is 25.3 Å². The summed E-state index contributed by atoms with van der Waals surface area (Å²) in [6.07, 6.45) is 3.87. The number of nitrogens with zero attached hydrogens (tertiary/aromatic N) is 1. The first-order valence-electron chi connectivity index (χ1n) is 12.0. The summed E-state index contributed by atoms with van der Waals surface area (Å²) < 4.78 is 2.28. The average molecular weight is 578 g/mol. The van der Waals surface area contributed by atoms with Crippen LogP contribution >= 0.6 is 17.0 Å². The van der Waals surface area contributed by atoms with Gasteiger partial charge in [0.1, 0.15) is 0 Å². The fraction of sp³-hybridized carbons (Fsp3) is 0.161. The van der Waals surface area contributed by atoms with Crippen molar-refractivity contribution in [3.05, 3.63) is 109 Å². The number of aryl methyl sites for hydroxylation is 2. The molecule has 5 aromatic carbocycles. The van der Waals surface area contributed by atoms with Crippen LogP contribution in [0.5, 0.6) is 0 Å². The monoisotopic (exact) mass is 575 g/mol. The van der Waals surface area contributed by atoms with Gasteiger partial charge in [-0.1, -0.05) is 62.1 Å². The molecule has 0 aliphatic heterocycles. The van der Waals surface area contributed by atoms with Crippen LogP contribution in [0.25, 0.3) is 43.7 Å². The Balaban J connectivity index is 0.000000202. The van der Waals surface area contributed by atoms with Gasteiger partial charge in [-0.15, -0.1) is 29.0 Å². The van der Waals surface area contributed by atoms with E-state index in [0.717, 1.165) is 0 Å². The summed E-state index contributed by atoms with van der Waals surface area (Å²) in [4.78, 5) is 0. The Kier molecular flexibility index (Phi) is 9.44. The van der Waals surface area contributed by atoms with E-state index in [1.807, 2.05) is 0 Å². The van der Waals surface area contributed by atoms with Crippen LogP contribution < -0.4 is 0 Å². The third-order valence-corrected chi connectivity index (χ3v) is 6.45. The topological polar surface area (TPSA) is 4.93 Å². The molecular formula is C31H29Cl2NZr. The molecule has 0 aliphatic carbocycles. The molecule has 1 aromatic heterocycles. The van der Waals surface area contributed by atoms with Crippen molar-refractivity contribution in [1.29, 1.82) is 0 Å². The molecule has 1 nitrogen and oxygen atoms in total. The van der Waals surface area contributed by atoms with E-state index in [9.17, 15) is 0 Å². The first-order valence-corrected chi connectivity index (χ1v) is 18.3. The molecule has 0 aliphatic rings. The summed E-state index contributed by atoms with van der Waals surface area (Å²) in [5.74, 6) is 0. The molecule has 0 spiro atoms. The summed E-state index contributed by atoms with van der Waals surface area (Å²) >= 11 is -0.826. The summed E-state index contributed by atoms with van der Waals surface area (Å²) in [6, 6.07) is 37.1. The van der Waals surface area contributed by atoms with Gasteiger partial charge in [-0.05, 0) is 23.8 Å². The van der Waals surface area contributed by atoms with E-state index >= 15 is 0 Å². The van der Waals surface area contributed by atoms with Gasteiger partial charge in [0.2, 0.25) is 0 Å². The number of halogens is 2. The van der Waals surface area contributed by atoms with Crippen LogP contribution in [-0.4, -0.2) is 4.57 Å². The molecule has 0 bridgehead atoms. The Morgan fingerprint density at radius 2 is 1.63 bits per heavy atom. The first-order chi connectivity index (χ1) is 17.2. The molecule has 35 heavy (non-hydrogen) atoms. The average Bonchev–Trinajstić information content (AvgIpc) is 3.64. The summed E-state index contributed by atoms with van der Waals surface area (Å²) in [7, 11) is 12.0. The number of unbranched alkanes of at least 4 members (excludes halogenated alkanes) is 1. The molecule has 1 heterocycles. The van der Waals surface area contributed by atoms with Crippen LogP contribution in [0.3, 0.4) is 0 Å². The van der Waals surface area contributed by atoms with Crippen molar-refractivity contribution in [1.82, 2.24) is 4.57 Å². The van der Waals surface area contributed by atoms with Gasteiger partial charge in [-0.3, -0.25) is 0 Å². The second-order valence-corrected chi connectivity index (χ2v) is 12.3. The van der Waals surface area contributed by atoms with Crippen molar-refractivity contribution in [2.75, 3.05) is 0 Å². The van der Waals surface area contributed by atoms with Gasteiger partial charge in [-0.2, -0.15) is 35.9 Å². The molecule has 176 valence electrons. The fourth-order valence-corrected chi connectivity index (χ4v) is 4.71. The molecule has 0 saturated heterocycles. The molecule has 0 unspecified atom stereocenters. The van der Waals surface area contributed by atoms with E-state index in [0.29, 0.717) is 0 Å². The Morgan fingerprint density at radius 1 is 0.829 bits per heavy atom. The molecule has 0 radical (unpaired) electrons. The zero-order chi connectivity index (χ0) is 24.6. The van der Waals surface area contributed by atoms with Crippen molar-refractivity contribution in [3.8, 4) is 11.1 Å². The van der Waals surface area contributed by atoms with Crippen molar-refractivity contribution in [2.45, 2.75) is 26.2 Å². The molecule has 6 aromatic rings. The second-order valence-electron chi connectivity index (χ2n) is 8.61. The molecule has 4 heteroatoms. The van der Waals surface area contributed by atoms with Gasteiger partial charge in [-0.25, -0.2) is 6.07 Å². The number of hydrogen-bond acceptors (Lipinski definition) is 0. The minimum atomic E-state index is -0.826. The molecule has 6 rings (SSSR count). The number of fused-ring (bicyclic) bond motifs is 4. The maximum atomic E-state index is 4.93.